The first kappa shape index (κ1) is 33.9. The molecular formula is C34H38CoN4O6. The molecule has 8 bridgehead atoms. The van der Waals surface area contributed by atoms with Gasteiger partial charge in [-0.2, -0.15) is 0 Å². The van der Waals surface area contributed by atoms with Gasteiger partial charge in [-0.05, 0) is 112 Å². The molecule has 10 nitrogen and oxygen atoms in total. The molecule has 0 aromatic carbocycles. The first-order chi connectivity index (χ1) is 20.8. The quantitative estimate of drug-likeness (QED) is 0.157. The number of carbonyl (C=O) groups is 2. The molecule has 11 heteroatoms. The second kappa shape index (κ2) is 13.1. The molecule has 1 radical (unpaired) electrons. The molecule has 0 fully saturated rings. The van der Waals surface area contributed by atoms with E-state index in [-0.39, 0.29) is 42.5 Å². The maximum atomic E-state index is 11.6. The first-order valence-corrected chi connectivity index (χ1v) is 14.7. The van der Waals surface area contributed by atoms with Crippen molar-refractivity contribution in [1.82, 2.24) is 19.9 Å². The maximum absolute atomic E-state index is 11.6. The third-order valence-corrected chi connectivity index (χ3v) is 8.65. The number of carboxylic acids is 2. The average molecular weight is 658 g/mol. The van der Waals surface area contributed by atoms with Gasteiger partial charge in [0.1, 0.15) is 0 Å². The van der Waals surface area contributed by atoms with E-state index in [4.69, 9.17) is 9.97 Å². The number of aromatic amines is 2. The normalized spacial score (nSPS) is 14.4. The van der Waals surface area contributed by atoms with Gasteiger partial charge in [-0.3, -0.25) is 9.59 Å². The topological polar surface area (TPSA) is 172 Å². The van der Waals surface area contributed by atoms with Gasteiger partial charge in [0.25, 0.3) is 0 Å². The van der Waals surface area contributed by atoms with Gasteiger partial charge >= 0.3 is 11.9 Å². The van der Waals surface area contributed by atoms with Gasteiger partial charge in [-0.25, -0.2) is 9.97 Å². The fourth-order valence-electron chi connectivity index (χ4n) is 6.32. The molecule has 2 aliphatic heterocycles. The molecule has 239 valence electrons. The van der Waals surface area contributed by atoms with Crippen molar-refractivity contribution in [2.24, 2.45) is 0 Å². The smallest absolute Gasteiger partial charge is 0.303 e. The van der Waals surface area contributed by atoms with E-state index in [1.807, 2.05) is 52.0 Å². The Kier molecular flexibility index (Phi) is 9.88. The zero-order chi connectivity index (χ0) is 32.0. The molecule has 0 aliphatic carbocycles. The van der Waals surface area contributed by atoms with Gasteiger partial charge in [-0.1, -0.05) is 0 Å². The summed E-state index contributed by atoms with van der Waals surface area (Å²) >= 11 is 0. The Morgan fingerprint density at radius 1 is 0.644 bits per heavy atom. The Balaban J connectivity index is 0.00000461. The van der Waals surface area contributed by atoms with Gasteiger partial charge in [0.05, 0.1) is 35.0 Å². The number of H-pyrrole nitrogens is 2. The number of hydrogen-bond donors (Lipinski definition) is 6. The molecule has 3 aromatic rings. The van der Waals surface area contributed by atoms with Crippen LogP contribution in [-0.4, -0.2) is 52.3 Å². The molecule has 5 rings (SSSR count). The van der Waals surface area contributed by atoms with E-state index in [1.165, 1.54) is 0 Å². The number of nitrogens with one attached hydrogen (secondary N) is 2. The minimum Gasteiger partial charge on any atom is -0.481 e. The second-order valence-electron chi connectivity index (χ2n) is 11.7. The van der Waals surface area contributed by atoms with E-state index in [0.29, 0.717) is 39.4 Å². The third-order valence-electron chi connectivity index (χ3n) is 8.65. The molecule has 2 unspecified atom stereocenters. The van der Waals surface area contributed by atoms with Crippen LogP contribution in [0.25, 0.3) is 44.4 Å². The van der Waals surface area contributed by atoms with Crippen LogP contribution in [0, 0.1) is 13.8 Å². The van der Waals surface area contributed by atoms with E-state index in [1.54, 1.807) is 13.8 Å². The van der Waals surface area contributed by atoms with Crippen LogP contribution in [0.3, 0.4) is 0 Å². The number of aryl methyl sites for hydroxylation is 2. The van der Waals surface area contributed by atoms with Crippen molar-refractivity contribution in [2.45, 2.75) is 79.4 Å². The van der Waals surface area contributed by atoms with Crippen molar-refractivity contribution in [2.75, 3.05) is 0 Å². The van der Waals surface area contributed by atoms with Crippen LogP contribution >= 0.6 is 0 Å². The second-order valence-corrected chi connectivity index (χ2v) is 11.7. The number of allylic oxidation sites excluding steroid dienone is 4. The largest absolute Gasteiger partial charge is 0.481 e. The Morgan fingerprint density at radius 3 is 1.42 bits per heavy atom. The van der Waals surface area contributed by atoms with Crippen LogP contribution < -0.4 is 0 Å². The summed E-state index contributed by atoms with van der Waals surface area (Å²) in [5.41, 5.74) is 11.7. The molecule has 0 saturated heterocycles. The van der Waals surface area contributed by atoms with Crippen LogP contribution in [-0.2, 0) is 26.4 Å². The number of aliphatic hydroxyl groups excluding tert-OH is 2. The summed E-state index contributed by atoms with van der Waals surface area (Å²) in [5, 5.41) is 40.5. The molecule has 3 aromatic heterocycles. The molecule has 0 saturated carbocycles. The zero-order valence-electron chi connectivity index (χ0n) is 26.1. The van der Waals surface area contributed by atoms with E-state index >= 15 is 0 Å². The molecule has 2 atom stereocenters. The van der Waals surface area contributed by atoms with E-state index < -0.39 is 24.1 Å². The van der Waals surface area contributed by atoms with Crippen LogP contribution in [0.15, 0.2) is 24.3 Å². The number of aliphatic carboxylic acids is 2. The average Bonchev–Trinajstić information content (AvgIpc) is 3.59. The Bertz CT molecular complexity index is 1930. The predicted octanol–water partition coefficient (Wildman–Crippen LogP) is 6.63. The summed E-state index contributed by atoms with van der Waals surface area (Å²) in [7, 11) is 0. The van der Waals surface area contributed by atoms with Crippen molar-refractivity contribution >= 4 is 56.3 Å². The fraction of sp³-hybridized carbons (Fsp3) is 0.353. The number of nitrogens with zero attached hydrogens (tertiary/aromatic N) is 2. The standard InChI is InChI=1S/C34H38N4O6.Co/c1-15-21(7-9-31(41)42)27-14-28-22(8-10-32(43)44)16(2)24(36-28)12-29-34(20(6)40)18(4)26(38-29)13-30-33(19(5)39)17(3)25(37-30)11-23(15)35-27;/h11-14,19-20,37-40H,7-10H2,1-6H3,(H,41,42)(H,43,44);. The molecule has 5 heterocycles. The molecule has 2 aliphatic rings. The van der Waals surface area contributed by atoms with E-state index in [2.05, 4.69) is 9.97 Å². The maximum Gasteiger partial charge on any atom is 0.303 e. The van der Waals surface area contributed by atoms with Gasteiger partial charge in [-0.15, -0.1) is 0 Å². The summed E-state index contributed by atoms with van der Waals surface area (Å²) in [6.45, 7) is 11.1. The minimum absolute atomic E-state index is 0. The number of rotatable bonds is 8. The first-order valence-electron chi connectivity index (χ1n) is 14.7. The zero-order valence-corrected chi connectivity index (χ0v) is 27.2. The molecule has 6 N–H and O–H groups in total. The minimum atomic E-state index is -0.921. The van der Waals surface area contributed by atoms with Crippen molar-refractivity contribution in [3.8, 4) is 0 Å². The van der Waals surface area contributed by atoms with Gasteiger partial charge in [0.2, 0.25) is 0 Å². The molecule has 45 heavy (non-hydrogen) atoms. The summed E-state index contributed by atoms with van der Waals surface area (Å²) in [6.07, 6.45) is -1.18. The fourth-order valence-corrected chi connectivity index (χ4v) is 6.32. The van der Waals surface area contributed by atoms with Gasteiger partial charge in [0.15, 0.2) is 0 Å². The van der Waals surface area contributed by atoms with Crippen molar-refractivity contribution < 1.29 is 46.8 Å². The number of aromatic nitrogens is 4. The molecular weight excluding hydrogens is 619 g/mol. The van der Waals surface area contributed by atoms with Crippen molar-refractivity contribution in [1.29, 1.82) is 0 Å². The number of fused-ring (bicyclic) bond motifs is 8. The molecule has 0 amide bonds. The summed E-state index contributed by atoms with van der Waals surface area (Å²) < 4.78 is 0. The summed E-state index contributed by atoms with van der Waals surface area (Å²) in [4.78, 5) is 39.8. The van der Waals surface area contributed by atoms with Gasteiger partial charge < -0.3 is 30.4 Å². The van der Waals surface area contributed by atoms with Crippen LogP contribution in [0.1, 0.15) is 111 Å². The number of hydrogen-bond acceptors (Lipinski definition) is 6. The SMILES string of the molecule is CC1=C(CCC(=O)O)c2cc3nc(cc4[nH]c(cc5[nH]c(cc1n2)c(C)c5C(C)O)c(C)c4C(C)O)C(C)=C3CCC(=O)O.[Co]. The summed E-state index contributed by atoms with van der Waals surface area (Å²) in [5.74, 6) is -1.84. The van der Waals surface area contributed by atoms with Crippen LogP contribution in [0.2, 0.25) is 0 Å². The Morgan fingerprint density at radius 2 is 1.02 bits per heavy atom. The monoisotopic (exact) mass is 657 g/mol. The van der Waals surface area contributed by atoms with Crippen LogP contribution in [0.5, 0.6) is 0 Å². The third kappa shape index (κ3) is 6.52. The molecule has 0 spiro atoms. The van der Waals surface area contributed by atoms with Crippen molar-refractivity contribution in [3.63, 3.8) is 0 Å². The van der Waals surface area contributed by atoms with Gasteiger partial charge in [0, 0.05) is 62.8 Å². The Labute approximate surface area is 271 Å². The van der Waals surface area contributed by atoms with E-state index in [9.17, 15) is 30.0 Å². The van der Waals surface area contributed by atoms with E-state index in [0.717, 1.165) is 50.0 Å². The Hall–Kier alpha value is -4.03. The number of aliphatic hydroxyl groups is 2. The predicted molar refractivity (Wildman–Crippen MR) is 170 cm³/mol. The van der Waals surface area contributed by atoms with Crippen molar-refractivity contribution in [3.05, 3.63) is 69.3 Å². The number of carboxylic acid groups (broad SMARTS) is 2. The summed E-state index contributed by atoms with van der Waals surface area (Å²) in [6, 6.07) is 7.51. The van der Waals surface area contributed by atoms with Crippen LogP contribution in [0.4, 0.5) is 0 Å².